The number of rotatable bonds is 9. The van der Waals surface area contributed by atoms with E-state index in [1.54, 1.807) is 12.1 Å². The molecule has 3 rings (SSSR count). The molecule has 1 fully saturated rings. The first kappa shape index (κ1) is 23.2. The van der Waals surface area contributed by atoms with Gasteiger partial charge in [0.1, 0.15) is 5.82 Å². The van der Waals surface area contributed by atoms with Crippen molar-refractivity contribution in [1.82, 2.24) is 25.3 Å². The van der Waals surface area contributed by atoms with Crippen LogP contribution in [0.25, 0.3) is 0 Å². The van der Waals surface area contributed by atoms with Crippen LogP contribution in [0.2, 0.25) is 0 Å². The number of nitrogens with one attached hydrogen (secondary N) is 2. The van der Waals surface area contributed by atoms with E-state index in [0.717, 1.165) is 56.4 Å². The Balaban J connectivity index is 1.61. The standard InChI is InChI=1S/C23H35FN6O/c1-4-25-23(26-9-6-10-30-19(3)15-18(2)28-30)27-17-22(29-11-13-31-14-12-29)20-7-5-8-21(24)16-20/h5,7-8,15-16,22H,4,6,9-14,17H2,1-3H3,(H2,25,26,27). The molecule has 2 heterocycles. The van der Waals surface area contributed by atoms with Gasteiger partial charge in [-0.3, -0.25) is 14.6 Å². The number of hydrogen-bond donors (Lipinski definition) is 2. The minimum absolute atomic E-state index is 0.0183. The molecular weight excluding hydrogens is 395 g/mol. The molecule has 0 amide bonds. The number of ether oxygens (including phenoxy) is 1. The van der Waals surface area contributed by atoms with Crippen LogP contribution in [0.5, 0.6) is 0 Å². The van der Waals surface area contributed by atoms with E-state index in [9.17, 15) is 4.39 Å². The van der Waals surface area contributed by atoms with Crippen molar-refractivity contribution in [1.29, 1.82) is 0 Å². The molecule has 31 heavy (non-hydrogen) atoms. The molecule has 0 radical (unpaired) electrons. The molecule has 2 N–H and O–H groups in total. The van der Waals surface area contributed by atoms with Crippen molar-refractivity contribution in [2.45, 2.75) is 39.8 Å². The van der Waals surface area contributed by atoms with Crippen molar-refractivity contribution in [3.63, 3.8) is 0 Å². The third kappa shape index (κ3) is 7.04. The maximum atomic E-state index is 13.9. The molecule has 1 atom stereocenters. The Hall–Kier alpha value is -2.45. The molecule has 1 saturated heterocycles. The van der Waals surface area contributed by atoms with Crippen LogP contribution in [0.15, 0.2) is 35.3 Å². The van der Waals surface area contributed by atoms with Crippen molar-refractivity contribution in [2.75, 3.05) is 45.9 Å². The molecular formula is C23H35FN6O. The summed E-state index contributed by atoms with van der Waals surface area (Å²) in [7, 11) is 0. The molecule has 170 valence electrons. The smallest absolute Gasteiger partial charge is 0.191 e. The van der Waals surface area contributed by atoms with Crippen molar-refractivity contribution in [2.24, 2.45) is 4.99 Å². The third-order valence-corrected chi connectivity index (χ3v) is 5.43. The van der Waals surface area contributed by atoms with Crippen LogP contribution in [0.1, 0.15) is 36.3 Å². The highest BCUT2D eigenvalue weighted by Crippen LogP contribution is 2.23. The second-order valence-corrected chi connectivity index (χ2v) is 7.87. The summed E-state index contributed by atoms with van der Waals surface area (Å²) < 4.78 is 21.4. The fourth-order valence-corrected chi connectivity index (χ4v) is 3.89. The van der Waals surface area contributed by atoms with E-state index in [-0.39, 0.29) is 11.9 Å². The van der Waals surface area contributed by atoms with Gasteiger partial charge in [-0.25, -0.2) is 4.39 Å². The Morgan fingerprint density at radius 1 is 1.23 bits per heavy atom. The Bertz CT molecular complexity index is 846. The highest BCUT2D eigenvalue weighted by atomic mass is 19.1. The molecule has 1 aliphatic heterocycles. The first-order valence-corrected chi connectivity index (χ1v) is 11.2. The molecule has 0 spiro atoms. The molecule has 0 saturated carbocycles. The lowest BCUT2D eigenvalue weighted by atomic mass is 10.0. The lowest BCUT2D eigenvalue weighted by molar-refractivity contribution is 0.0179. The SMILES string of the molecule is CCNC(=NCC(c1cccc(F)c1)N1CCOCC1)NCCCn1nc(C)cc1C. The molecule has 7 nitrogen and oxygen atoms in total. The van der Waals surface area contributed by atoms with E-state index in [1.165, 1.54) is 11.8 Å². The van der Waals surface area contributed by atoms with E-state index in [2.05, 4.69) is 40.5 Å². The van der Waals surface area contributed by atoms with Crippen LogP contribution >= 0.6 is 0 Å². The monoisotopic (exact) mass is 430 g/mol. The van der Waals surface area contributed by atoms with Gasteiger partial charge in [0.15, 0.2) is 5.96 Å². The first-order chi connectivity index (χ1) is 15.1. The maximum absolute atomic E-state index is 13.9. The number of benzene rings is 1. The number of morpholine rings is 1. The van der Waals surface area contributed by atoms with Crippen LogP contribution in [0.3, 0.4) is 0 Å². The molecule has 0 bridgehead atoms. The number of halogens is 1. The summed E-state index contributed by atoms with van der Waals surface area (Å²) in [4.78, 5) is 7.16. The molecule has 8 heteroatoms. The van der Waals surface area contributed by atoms with Crippen LogP contribution < -0.4 is 10.6 Å². The molecule has 1 aromatic carbocycles. The lowest BCUT2D eigenvalue weighted by Crippen LogP contribution is -2.42. The predicted octanol–water partition coefficient (Wildman–Crippen LogP) is 2.66. The summed E-state index contributed by atoms with van der Waals surface area (Å²) in [5.74, 6) is 0.569. The van der Waals surface area contributed by atoms with Crippen molar-refractivity contribution in [3.8, 4) is 0 Å². The second kappa shape index (κ2) is 11.8. The summed E-state index contributed by atoms with van der Waals surface area (Å²) in [6.45, 7) is 12.2. The quantitative estimate of drug-likeness (QED) is 0.364. The van der Waals surface area contributed by atoms with Gasteiger partial charge in [-0.2, -0.15) is 5.10 Å². The number of hydrogen-bond acceptors (Lipinski definition) is 4. The Morgan fingerprint density at radius 3 is 2.71 bits per heavy atom. The molecule has 1 aliphatic rings. The fourth-order valence-electron chi connectivity index (χ4n) is 3.89. The molecule has 1 unspecified atom stereocenters. The number of guanidine groups is 1. The Labute approximate surface area is 184 Å². The second-order valence-electron chi connectivity index (χ2n) is 7.87. The summed E-state index contributed by atoms with van der Waals surface area (Å²) in [5.41, 5.74) is 3.18. The first-order valence-electron chi connectivity index (χ1n) is 11.2. The van der Waals surface area contributed by atoms with Crippen molar-refractivity contribution >= 4 is 5.96 Å². The fraction of sp³-hybridized carbons (Fsp3) is 0.565. The number of nitrogens with zero attached hydrogens (tertiary/aromatic N) is 4. The minimum atomic E-state index is -0.214. The van der Waals surface area contributed by atoms with Gasteiger partial charge in [-0.15, -0.1) is 0 Å². The number of aromatic nitrogens is 2. The molecule has 0 aliphatic carbocycles. The zero-order valence-electron chi connectivity index (χ0n) is 18.9. The minimum Gasteiger partial charge on any atom is -0.379 e. The largest absolute Gasteiger partial charge is 0.379 e. The number of aryl methyl sites for hydroxylation is 3. The third-order valence-electron chi connectivity index (χ3n) is 5.43. The van der Waals surface area contributed by atoms with E-state index in [4.69, 9.17) is 9.73 Å². The lowest BCUT2D eigenvalue weighted by Gasteiger charge is -2.34. The Kier molecular flexibility index (Phi) is 8.85. The average molecular weight is 431 g/mol. The van der Waals surface area contributed by atoms with Gasteiger partial charge in [0.25, 0.3) is 0 Å². The van der Waals surface area contributed by atoms with Crippen molar-refractivity contribution in [3.05, 3.63) is 53.1 Å². The normalized spacial score (nSPS) is 16.3. The summed E-state index contributed by atoms with van der Waals surface area (Å²) in [6, 6.07) is 8.96. The van der Waals surface area contributed by atoms with E-state index >= 15 is 0 Å². The van der Waals surface area contributed by atoms with E-state index < -0.39 is 0 Å². The summed E-state index contributed by atoms with van der Waals surface area (Å²) in [5, 5.41) is 11.2. The molecule has 2 aromatic rings. The molecule has 1 aromatic heterocycles. The zero-order valence-corrected chi connectivity index (χ0v) is 18.9. The van der Waals surface area contributed by atoms with Gasteiger partial charge in [0.05, 0.1) is 31.5 Å². The Morgan fingerprint density at radius 2 is 2.03 bits per heavy atom. The average Bonchev–Trinajstić information content (AvgIpc) is 3.09. The summed E-state index contributed by atoms with van der Waals surface area (Å²) in [6.07, 6.45) is 0.948. The van der Waals surface area contributed by atoms with Gasteiger partial charge in [-0.05, 0) is 51.0 Å². The van der Waals surface area contributed by atoms with E-state index in [1.807, 2.05) is 17.7 Å². The van der Waals surface area contributed by atoms with Crippen LogP contribution in [0, 0.1) is 19.7 Å². The van der Waals surface area contributed by atoms with Gasteiger partial charge in [0, 0.05) is 38.4 Å². The predicted molar refractivity (Wildman–Crippen MR) is 122 cm³/mol. The van der Waals surface area contributed by atoms with Gasteiger partial charge < -0.3 is 15.4 Å². The van der Waals surface area contributed by atoms with Gasteiger partial charge >= 0.3 is 0 Å². The van der Waals surface area contributed by atoms with Crippen LogP contribution in [0.4, 0.5) is 4.39 Å². The van der Waals surface area contributed by atoms with Gasteiger partial charge in [0.2, 0.25) is 0 Å². The summed E-state index contributed by atoms with van der Waals surface area (Å²) >= 11 is 0. The highest BCUT2D eigenvalue weighted by molar-refractivity contribution is 5.79. The van der Waals surface area contributed by atoms with E-state index in [0.29, 0.717) is 19.8 Å². The van der Waals surface area contributed by atoms with Crippen molar-refractivity contribution < 1.29 is 9.13 Å². The number of aliphatic imine (C=N–C) groups is 1. The van der Waals surface area contributed by atoms with Gasteiger partial charge in [-0.1, -0.05) is 12.1 Å². The maximum Gasteiger partial charge on any atom is 0.191 e. The van der Waals surface area contributed by atoms with Crippen LogP contribution in [-0.2, 0) is 11.3 Å². The topological polar surface area (TPSA) is 66.7 Å². The zero-order chi connectivity index (χ0) is 22.1. The van der Waals surface area contributed by atoms with Crippen LogP contribution in [-0.4, -0.2) is 66.6 Å². The highest BCUT2D eigenvalue weighted by Gasteiger charge is 2.23.